The fraction of sp³-hybridized carbons (Fsp3) is 0.583. The van der Waals surface area contributed by atoms with Crippen LogP contribution in [0.15, 0.2) is 12.4 Å². The Kier molecular flexibility index (Phi) is 4.09. The number of esters is 1. The maximum Gasteiger partial charge on any atom is 0.319 e. The van der Waals surface area contributed by atoms with Gasteiger partial charge in [0.1, 0.15) is 0 Å². The largest absolute Gasteiger partial charge is 0.468 e. The molecule has 0 radical (unpaired) electrons. The molecule has 0 N–H and O–H groups in total. The molecule has 0 unspecified atom stereocenters. The molecule has 98 valence electrons. The highest BCUT2D eigenvalue weighted by Crippen LogP contribution is 2.10. The summed E-state index contributed by atoms with van der Waals surface area (Å²) in [5.41, 5.74) is 1.06. The first kappa shape index (κ1) is 12.8. The Morgan fingerprint density at radius 1 is 1.28 bits per heavy atom. The van der Waals surface area contributed by atoms with Crippen LogP contribution in [0.5, 0.6) is 0 Å². The van der Waals surface area contributed by atoms with Crippen LogP contribution in [0, 0.1) is 6.92 Å². The van der Waals surface area contributed by atoms with Crippen molar-refractivity contribution in [3.8, 4) is 0 Å². The number of hydrogen-bond donors (Lipinski definition) is 0. The lowest BCUT2D eigenvalue weighted by molar-refractivity contribution is -0.142. The average molecular weight is 250 g/mol. The number of carbonyl (C=O) groups excluding carboxylic acids is 1. The highest BCUT2D eigenvalue weighted by molar-refractivity contribution is 5.71. The molecule has 1 fully saturated rings. The van der Waals surface area contributed by atoms with E-state index in [0.717, 1.165) is 37.7 Å². The van der Waals surface area contributed by atoms with Gasteiger partial charge >= 0.3 is 5.97 Å². The van der Waals surface area contributed by atoms with Crippen molar-refractivity contribution in [2.24, 2.45) is 0 Å². The predicted octanol–water partition coefficient (Wildman–Crippen LogP) is 0.0800. The number of methoxy groups -OCH3 is 1. The van der Waals surface area contributed by atoms with Crippen molar-refractivity contribution >= 4 is 11.9 Å². The lowest BCUT2D eigenvalue weighted by atomic mass is 10.3. The van der Waals surface area contributed by atoms with Gasteiger partial charge in [-0.15, -0.1) is 0 Å². The maximum atomic E-state index is 11.2. The molecule has 1 aliphatic rings. The number of carbonyl (C=O) groups is 1. The number of aromatic nitrogens is 2. The van der Waals surface area contributed by atoms with E-state index in [0.29, 0.717) is 6.54 Å². The van der Waals surface area contributed by atoms with Crippen LogP contribution in [0.2, 0.25) is 0 Å². The Labute approximate surface area is 107 Å². The summed E-state index contributed by atoms with van der Waals surface area (Å²) >= 11 is 0. The summed E-state index contributed by atoms with van der Waals surface area (Å²) in [6, 6.07) is 0. The average Bonchev–Trinajstić information content (AvgIpc) is 2.40. The van der Waals surface area contributed by atoms with Gasteiger partial charge in [0.2, 0.25) is 5.95 Å². The second-order valence-corrected chi connectivity index (χ2v) is 4.40. The van der Waals surface area contributed by atoms with E-state index < -0.39 is 0 Å². The maximum absolute atomic E-state index is 11.2. The van der Waals surface area contributed by atoms with Gasteiger partial charge in [0.05, 0.1) is 13.7 Å². The van der Waals surface area contributed by atoms with E-state index in [1.165, 1.54) is 7.11 Å². The standard InChI is InChI=1S/C12H18N4O2/c1-10-7-13-12(14-8-10)16-5-3-15(4-6-16)9-11(17)18-2/h7-8H,3-6,9H2,1-2H3. The molecule has 2 heterocycles. The Morgan fingerprint density at radius 3 is 2.44 bits per heavy atom. The van der Waals surface area contributed by atoms with E-state index in [9.17, 15) is 4.79 Å². The zero-order valence-electron chi connectivity index (χ0n) is 10.8. The van der Waals surface area contributed by atoms with Crippen molar-refractivity contribution in [3.63, 3.8) is 0 Å². The topological polar surface area (TPSA) is 58.6 Å². The zero-order chi connectivity index (χ0) is 13.0. The fourth-order valence-corrected chi connectivity index (χ4v) is 1.90. The van der Waals surface area contributed by atoms with Gasteiger partial charge in [-0.2, -0.15) is 0 Å². The number of rotatable bonds is 3. The molecule has 0 amide bonds. The SMILES string of the molecule is COC(=O)CN1CCN(c2ncc(C)cn2)CC1. The van der Waals surface area contributed by atoms with Crippen LogP contribution in [-0.2, 0) is 9.53 Å². The molecule has 6 nitrogen and oxygen atoms in total. The highest BCUT2D eigenvalue weighted by atomic mass is 16.5. The summed E-state index contributed by atoms with van der Waals surface area (Å²) in [5, 5.41) is 0. The van der Waals surface area contributed by atoms with Crippen LogP contribution >= 0.6 is 0 Å². The minimum absolute atomic E-state index is 0.185. The van der Waals surface area contributed by atoms with Crippen molar-refractivity contribution in [2.45, 2.75) is 6.92 Å². The van der Waals surface area contributed by atoms with E-state index in [-0.39, 0.29) is 5.97 Å². The third kappa shape index (κ3) is 3.16. The molecule has 2 rings (SSSR count). The first-order chi connectivity index (χ1) is 8.69. The summed E-state index contributed by atoms with van der Waals surface area (Å²) < 4.78 is 4.66. The Bertz CT molecular complexity index is 399. The number of piperazine rings is 1. The molecule has 1 aliphatic heterocycles. The van der Waals surface area contributed by atoms with Gasteiger partial charge in [0.15, 0.2) is 0 Å². The van der Waals surface area contributed by atoms with Gasteiger partial charge in [-0.3, -0.25) is 9.69 Å². The number of aryl methyl sites for hydroxylation is 1. The second kappa shape index (κ2) is 5.77. The monoisotopic (exact) mass is 250 g/mol. The van der Waals surface area contributed by atoms with E-state index >= 15 is 0 Å². The summed E-state index contributed by atoms with van der Waals surface area (Å²) in [7, 11) is 1.42. The van der Waals surface area contributed by atoms with Gasteiger partial charge < -0.3 is 9.64 Å². The Morgan fingerprint density at radius 2 is 1.89 bits per heavy atom. The van der Waals surface area contributed by atoms with Gasteiger partial charge in [-0.1, -0.05) is 0 Å². The number of anilines is 1. The third-order valence-corrected chi connectivity index (χ3v) is 3.00. The lowest BCUT2D eigenvalue weighted by Gasteiger charge is -2.33. The molecule has 1 saturated heterocycles. The number of hydrogen-bond acceptors (Lipinski definition) is 6. The van der Waals surface area contributed by atoms with Crippen molar-refractivity contribution in [2.75, 3.05) is 44.7 Å². The summed E-state index contributed by atoms with van der Waals surface area (Å²) in [6.45, 7) is 5.65. The van der Waals surface area contributed by atoms with E-state index in [2.05, 4.69) is 24.5 Å². The van der Waals surface area contributed by atoms with Gasteiger partial charge in [-0.25, -0.2) is 9.97 Å². The lowest BCUT2D eigenvalue weighted by Crippen LogP contribution is -2.48. The number of ether oxygens (including phenoxy) is 1. The van der Waals surface area contributed by atoms with Gasteiger partial charge in [-0.05, 0) is 12.5 Å². The van der Waals surface area contributed by atoms with Crippen molar-refractivity contribution in [3.05, 3.63) is 18.0 Å². The van der Waals surface area contributed by atoms with E-state index in [1.807, 2.05) is 19.3 Å². The van der Waals surface area contributed by atoms with E-state index in [1.54, 1.807) is 0 Å². The van der Waals surface area contributed by atoms with Crippen LogP contribution in [-0.4, -0.2) is 60.7 Å². The minimum Gasteiger partial charge on any atom is -0.468 e. The molecule has 0 saturated carbocycles. The van der Waals surface area contributed by atoms with Crippen molar-refractivity contribution < 1.29 is 9.53 Å². The molecule has 0 aromatic carbocycles. The van der Waals surface area contributed by atoms with E-state index in [4.69, 9.17) is 0 Å². The Balaban J connectivity index is 1.86. The van der Waals surface area contributed by atoms with Crippen LogP contribution in [0.1, 0.15) is 5.56 Å². The van der Waals surface area contributed by atoms with Crippen LogP contribution < -0.4 is 4.90 Å². The smallest absolute Gasteiger partial charge is 0.319 e. The molecule has 0 atom stereocenters. The second-order valence-electron chi connectivity index (χ2n) is 4.40. The molecule has 0 aliphatic carbocycles. The highest BCUT2D eigenvalue weighted by Gasteiger charge is 2.20. The molecule has 18 heavy (non-hydrogen) atoms. The third-order valence-electron chi connectivity index (χ3n) is 3.00. The minimum atomic E-state index is -0.185. The van der Waals surface area contributed by atoms with Crippen molar-refractivity contribution in [1.29, 1.82) is 0 Å². The molecule has 0 bridgehead atoms. The normalized spacial score (nSPS) is 16.7. The number of nitrogens with zero attached hydrogens (tertiary/aromatic N) is 4. The molecular formula is C12H18N4O2. The van der Waals surface area contributed by atoms with Crippen LogP contribution in [0.3, 0.4) is 0 Å². The molecular weight excluding hydrogens is 232 g/mol. The van der Waals surface area contributed by atoms with Gasteiger partial charge in [0.25, 0.3) is 0 Å². The molecule has 0 spiro atoms. The molecule has 6 heteroatoms. The Hall–Kier alpha value is -1.69. The molecule has 1 aromatic heterocycles. The van der Waals surface area contributed by atoms with Crippen molar-refractivity contribution in [1.82, 2.24) is 14.9 Å². The fourth-order valence-electron chi connectivity index (χ4n) is 1.90. The van der Waals surface area contributed by atoms with Crippen LogP contribution in [0.25, 0.3) is 0 Å². The first-order valence-corrected chi connectivity index (χ1v) is 6.02. The summed E-state index contributed by atoms with van der Waals surface area (Å²) in [6.07, 6.45) is 3.65. The molecule has 1 aromatic rings. The summed E-state index contributed by atoms with van der Waals surface area (Å²) in [5.74, 6) is 0.577. The van der Waals surface area contributed by atoms with Crippen LogP contribution in [0.4, 0.5) is 5.95 Å². The summed E-state index contributed by atoms with van der Waals surface area (Å²) in [4.78, 5) is 24.0. The zero-order valence-corrected chi connectivity index (χ0v) is 10.8. The van der Waals surface area contributed by atoms with Gasteiger partial charge in [0, 0.05) is 38.6 Å². The first-order valence-electron chi connectivity index (χ1n) is 6.02. The predicted molar refractivity (Wildman–Crippen MR) is 67.4 cm³/mol. The quantitative estimate of drug-likeness (QED) is 0.708.